The number of piperidine rings is 1. The summed E-state index contributed by atoms with van der Waals surface area (Å²) < 4.78 is 5.36. The molecule has 0 bridgehead atoms. The number of carbonyl (C=O) groups is 1. The second-order valence-corrected chi connectivity index (χ2v) is 7.38. The molecule has 0 atom stereocenters. The Hall–Kier alpha value is -2.25. The van der Waals surface area contributed by atoms with Crippen molar-refractivity contribution in [3.05, 3.63) is 29.5 Å². The summed E-state index contributed by atoms with van der Waals surface area (Å²) in [5.74, 6) is 0.852. The monoisotopic (exact) mass is 358 g/mol. The third kappa shape index (κ3) is 2.62. The van der Waals surface area contributed by atoms with Gasteiger partial charge in [0.05, 0.1) is 7.11 Å². The van der Waals surface area contributed by atoms with Crippen LogP contribution in [0, 0.1) is 0 Å². The molecule has 4 rings (SSSR count). The van der Waals surface area contributed by atoms with Crippen molar-refractivity contribution in [2.45, 2.75) is 24.8 Å². The van der Waals surface area contributed by atoms with Crippen LogP contribution in [0.25, 0.3) is 10.9 Å². The number of likely N-dealkylation sites (tertiary alicyclic amines) is 1. The number of aromatic nitrogens is 1. The van der Waals surface area contributed by atoms with E-state index in [1.807, 2.05) is 11.0 Å². The van der Waals surface area contributed by atoms with Crippen LogP contribution in [0.1, 0.15) is 24.1 Å². The number of amides is 2. The predicted octanol–water partition coefficient (Wildman–Crippen LogP) is 1.61. The number of benzene rings is 1. The molecule has 2 amide bonds. The number of fused-ring (bicyclic) bond motifs is 4. The van der Waals surface area contributed by atoms with Crippen LogP contribution in [-0.4, -0.2) is 66.4 Å². The van der Waals surface area contributed by atoms with Crippen molar-refractivity contribution in [3.63, 3.8) is 0 Å². The van der Waals surface area contributed by atoms with Crippen LogP contribution in [0.2, 0.25) is 0 Å². The largest absolute Gasteiger partial charge is 0.497 e. The van der Waals surface area contributed by atoms with E-state index in [0.29, 0.717) is 13.1 Å². The molecule has 2 aliphatic rings. The van der Waals surface area contributed by atoms with Crippen LogP contribution < -0.4 is 10.1 Å². The van der Waals surface area contributed by atoms with E-state index in [9.17, 15) is 9.90 Å². The number of rotatable bonds is 2. The zero-order chi connectivity index (χ0) is 18.3. The minimum absolute atomic E-state index is 0.0367. The van der Waals surface area contributed by atoms with E-state index in [1.165, 1.54) is 21.5 Å². The number of hydrogen-bond acceptors (Lipinski definition) is 4. The van der Waals surface area contributed by atoms with Gasteiger partial charge >= 0.3 is 6.03 Å². The van der Waals surface area contributed by atoms with Crippen molar-refractivity contribution in [1.29, 1.82) is 0 Å². The van der Waals surface area contributed by atoms with Crippen LogP contribution in [0.15, 0.2) is 18.2 Å². The second-order valence-electron chi connectivity index (χ2n) is 7.38. The van der Waals surface area contributed by atoms with Crippen molar-refractivity contribution in [2.24, 2.45) is 0 Å². The van der Waals surface area contributed by atoms with Gasteiger partial charge in [-0.25, -0.2) is 4.79 Å². The van der Waals surface area contributed by atoms with Gasteiger partial charge in [-0.15, -0.1) is 0 Å². The number of nitrogens with one attached hydrogen (secondary N) is 2. The molecule has 0 unspecified atom stereocenters. The fraction of sp³-hybridized carbons (Fsp3) is 0.526. The molecular formula is C19H26N4O3. The molecule has 1 aromatic carbocycles. The van der Waals surface area contributed by atoms with Crippen LogP contribution in [0.5, 0.6) is 5.75 Å². The average molecular weight is 358 g/mol. The molecule has 26 heavy (non-hydrogen) atoms. The number of methoxy groups -OCH3 is 1. The minimum Gasteiger partial charge on any atom is -0.497 e. The lowest BCUT2D eigenvalue weighted by molar-refractivity contribution is 0.0940. The first-order valence-corrected chi connectivity index (χ1v) is 9.09. The summed E-state index contributed by atoms with van der Waals surface area (Å²) in [7, 11) is 3.31. The number of ether oxygens (including phenoxy) is 1. The highest BCUT2D eigenvalue weighted by atomic mass is 16.5. The number of urea groups is 1. The van der Waals surface area contributed by atoms with Gasteiger partial charge in [-0.1, -0.05) is 0 Å². The number of carbonyl (C=O) groups excluding carboxylic acids is 1. The lowest BCUT2D eigenvalue weighted by Crippen LogP contribution is -2.53. The van der Waals surface area contributed by atoms with Crippen molar-refractivity contribution < 1.29 is 14.6 Å². The summed E-state index contributed by atoms with van der Waals surface area (Å²) in [5.41, 5.74) is 3.79. The van der Waals surface area contributed by atoms with E-state index in [4.69, 9.17) is 4.74 Å². The van der Waals surface area contributed by atoms with Crippen LogP contribution >= 0.6 is 0 Å². The lowest BCUT2D eigenvalue weighted by atomic mass is 9.70. The van der Waals surface area contributed by atoms with E-state index in [2.05, 4.69) is 22.4 Å². The fourth-order valence-corrected chi connectivity index (χ4v) is 4.47. The summed E-state index contributed by atoms with van der Waals surface area (Å²) >= 11 is 0. The number of aromatic amines is 1. The topological polar surface area (TPSA) is 80.8 Å². The van der Waals surface area contributed by atoms with E-state index in [0.717, 1.165) is 37.2 Å². The summed E-state index contributed by atoms with van der Waals surface area (Å²) in [6.45, 7) is 2.91. The number of nitrogens with zero attached hydrogens (tertiary/aromatic N) is 2. The third-order valence-corrected chi connectivity index (χ3v) is 5.91. The van der Waals surface area contributed by atoms with Gasteiger partial charge < -0.3 is 29.9 Å². The molecule has 2 aliphatic heterocycles. The molecule has 1 fully saturated rings. The molecule has 0 radical (unpaired) electrons. The molecular weight excluding hydrogens is 332 g/mol. The Labute approximate surface area is 152 Å². The number of hydrogen-bond donors (Lipinski definition) is 3. The van der Waals surface area contributed by atoms with Crippen molar-refractivity contribution in [2.75, 3.05) is 40.5 Å². The van der Waals surface area contributed by atoms with Gasteiger partial charge in [-0.2, -0.15) is 0 Å². The maximum absolute atomic E-state index is 12.3. The Morgan fingerprint density at radius 3 is 2.85 bits per heavy atom. The lowest BCUT2D eigenvalue weighted by Gasteiger charge is -2.45. The zero-order valence-electron chi connectivity index (χ0n) is 15.3. The Kier molecular flexibility index (Phi) is 4.28. The number of H-pyrrole nitrogens is 1. The van der Waals surface area contributed by atoms with Gasteiger partial charge in [0.25, 0.3) is 0 Å². The molecule has 3 heterocycles. The maximum atomic E-state index is 12.3. The van der Waals surface area contributed by atoms with Gasteiger partial charge in [-0.05, 0) is 30.5 Å². The van der Waals surface area contributed by atoms with E-state index in [1.54, 1.807) is 14.2 Å². The van der Waals surface area contributed by atoms with Gasteiger partial charge in [0.1, 0.15) is 12.5 Å². The Balaban J connectivity index is 1.65. The van der Waals surface area contributed by atoms with E-state index < -0.39 is 0 Å². The molecule has 7 nitrogen and oxygen atoms in total. The number of aliphatic hydroxyl groups is 1. The maximum Gasteiger partial charge on any atom is 0.321 e. The minimum atomic E-state index is -0.254. The zero-order valence-corrected chi connectivity index (χ0v) is 15.3. The molecule has 1 saturated heterocycles. The summed E-state index contributed by atoms with van der Waals surface area (Å²) in [6.07, 6.45) is 1.83. The average Bonchev–Trinajstić information content (AvgIpc) is 3.06. The Morgan fingerprint density at radius 2 is 2.15 bits per heavy atom. The summed E-state index contributed by atoms with van der Waals surface area (Å²) in [5, 5.41) is 14.0. The second kappa shape index (κ2) is 6.48. The van der Waals surface area contributed by atoms with Crippen LogP contribution in [-0.2, 0) is 12.0 Å². The van der Waals surface area contributed by atoms with Crippen molar-refractivity contribution in [3.8, 4) is 5.75 Å². The SMILES string of the molecule is COc1ccc2c3c([nH]c2c1)CNCC31CCN(C(=O)N(C)CO)CC1. The third-order valence-electron chi connectivity index (χ3n) is 5.91. The molecule has 2 aromatic rings. The summed E-state index contributed by atoms with van der Waals surface area (Å²) in [6, 6.07) is 6.11. The normalized spacial score (nSPS) is 18.8. The molecule has 140 valence electrons. The van der Waals surface area contributed by atoms with Gasteiger partial charge in [0.2, 0.25) is 0 Å². The molecule has 0 aliphatic carbocycles. The van der Waals surface area contributed by atoms with Crippen molar-refractivity contribution in [1.82, 2.24) is 20.1 Å². The molecule has 1 spiro atoms. The molecule has 3 N–H and O–H groups in total. The van der Waals surface area contributed by atoms with Crippen LogP contribution in [0.4, 0.5) is 4.79 Å². The van der Waals surface area contributed by atoms with E-state index >= 15 is 0 Å². The fourth-order valence-electron chi connectivity index (χ4n) is 4.47. The first kappa shape index (κ1) is 17.2. The van der Waals surface area contributed by atoms with Crippen LogP contribution in [0.3, 0.4) is 0 Å². The highest BCUT2D eigenvalue weighted by Gasteiger charge is 2.42. The Bertz CT molecular complexity index is 824. The standard InChI is InChI=1S/C19H26N4O3/c1-22(12-24)18(25)23-7-5-19(6-8-23)11-20-10-16-17(19)14-4-3-13(26-2)9-15(14)21-16/h3-4,9,20-21,24H,5-8,10-12H2,1-2H3. The molecule has 0 saturated carbocycles. The van der Waals surface area contributed by atoms with Gasteiger partial charge in [0.15, 0.2) is 0 Å². The predicted molar refractivity (Wildman–Crippen MR) is 99.3 cm³/mol. The first-order valence-electron chi connectivity index (χ1n) is 9.09. The smallest absolute Gasteiger partial charge is 0.321 e. The summed E-state index contributed by atoms with van der Waals surface area (Å²) in [4.78, 5) is 19.1. The number of aliphatic hydroxyl groups excluding tert-OH is 1. The quantitative estimate of drug-likeness (QED) is 0.713. The highest BCUT2D eigenvalue weighted by Crippen LogP contribution is 2.43. The highest BCUT2D eigenvalue weighted by molar-refractivity contribution is 5.87. The Morgan fingerprint density at radius 1 is 1.38 bits per heavy atom. The van der Waals surface area contributed by atoms with Crippen molar-refractivity contribution >= 4 is 16.9 Å². The van der Waals surface area contributed by atoms with E-state index in [-0.39, 0.29) is 18.2 Å². The van der Waals surface area contributed by atoms with Gasteiger partial charge in [-0.3, -0.25) is 0 Å². The first-order chi connectivity index (χ1) is 12.6. The molecule has 7 heteroatoms. The molecule has 1 aromatic heterocycles. The van der Waals surface area contributed by atoms with Gasteiger partial charge in [0, 0.05) is 61.3 Å².